The lowest BCUT2D eigenvalue weighted by atomic mass is 10.1. The van der Waals surface area contributed by atoms with Gasteiger partial charge >= 0.3 is 0 Å². The van der Waals surface area contributed by atoms with Crippen LogP contribution in [0.15, 0.2) is 52.4 Å². The molecule has 0 spiro atoms. The average molecular weight is 436 g/mol. The van der Waals surface area contributed by atoms with Crippen molar-refractivity contribution >= 4 is 39.9 Å². The summed E-state index contributed by atoms with van der Waals surface area (Å²) in [4.78, 5) is 34.6. The lowest BCUT2D eigenvalue weighted by Crippen LogP contribution is -2.23. The van der Waals surface area contributed by atoms with Crippen molar-refractivity contribution in [3.8, 4) is 10.7 Å². The van der Waals surface area contributed by atoms with Crippen molar-refractivity contribution in [1.82, 2.24) is 20.4 Å². The van der Waals surface area contributed by atoms with Gasteiger partial charge in [-0.25, -0.2) is 4.98 Å². The monoisotopic (exact) mass is 435 g/mol. The summed E-state index contributed by atoms with van der Waals surface area (Å²) in [6, 6.07) is 12.8. The molecule has 2 amide bonds. The van der Waals surface area contributed by atoms with Crippen LogP contribution in [0.4, 0.5) is 5.82 Å². The third kappa shape index (κ3) is 4.95. The van der Waals surface area contributed by atoms with Crippen molar-refractivity contribution in [2.75, 3.05) is 11.9 Å². The van der Waals surface area contributed by atoms with E-state index in [0.29, 0.717) is 48.0 Å². The van der Waals surface area contributed by atoms with Crippen molar-refractivity contribution in [3.05, 3.63) is 59.3 Å². The SMILES string of the molecule is CCNC(=O)c1cc(NC(=O)CCCc2nc(-c3cccs3)no2)nc2ccccc12. The number of pyridine rings is 1. The lowest BCUT2D eigenvalue weighted by molar-refractivity contribution is -0.116. The van der Waals surface area contributed by atoms with Crippen LogP contribution in [0.2, 0.25) is 0 Å². The quantitative estimate of drug-likeness (QED) is 0.432. The Morgan fingerprint density at radius 2 is 2.00 bits per heavy atom. The third-order valence-corrected chi connectivity index (χ3v) is 5.44. The molecule has 158 valence electrons. The Labute approximate surface area is 182 Å². The first-order valence-electron chi connectivity index (χ1n) is 9.98. The van der Waals surface area contributed by atoms with E-state index in [9.17, 15) is 9.59 Å². The standard InChI is InChI=1S/C22H21N5O3S/c1-2-23-22(29)15-13-18(24-16-8-4-3-7-14(15)16)25-19(28)10-5-11-20-26-21(27-30-20)17-9-6-12-31-17/h3-4,6-9,12-13H,2,5,10-11H2,1H3,(H,23,29)(H,24,25,28). The summed E-state index contributed by atoms with van der Waals surface area (Å²) in [6.45, 7) is 2.37. The molecule has 0 aliphatic rings. The molecule has 3 heterocycles. The minimum atomic E-state index is -0.200. The summed E-state index contributed by atoms with van der Waals surface area (Å²) in [5.74, 6) is 1.02. The lowest BCUT2D eigenvalue weighted by Gasteiger charge is -2.10. The number of fused-ring (bicyclic) bond motifs is 1. The van der Waals surface area contributed by atoms with Crippen LogP contribution < -0.4 is 10.6 Å². The molecule has 0 atom stereocenters. The Kier molecular flexibility index (Phi) is 6.32. The maximum atomic E-state index is 12.4. The molecular formula is C22H21N5O3S. The number of amides is 2. The fourth-order valence-electron chi connectivity index (χ4n) is 3.15. The second-order valence-corrected chi connectivity index (χ2v) is 7.77. The van der Waals surface area contributed by atoms with Crippen molar-refractivity contribution in [1.29, 1.82) is 0 Å². The summed E-state index contributed by atoms with van der Waals surface area (Å²) in [5, 5.41) is 12.2. The first kappa shape index (κ1) is 20.7. The molecule has 0 saturated carbocycles. The third-order valence-electron chi connectivity index (χ3n) is 4.57. The number of thiophene rings is 1. The van der Waals surface area contributed by atoms with Crippen LogP contribution in [-0.4, -0.2) is 33.5 Å². The molecule has 0 saturated heterocycles. The number of benzene rings is 1. The largest absolute Gasteiger partial charge is 0.352 e. The highest BCUT2D eigenvalue weighted by Gasteiger charge is 2.14. The number of para-hydroxylation sites is 1. The molecule has 0 aliphatic heterocycles. The Balaban J connectivity index is 1.38. The van der Waals surface area contributed by atoms with Gasteiger partial charge in [0.15, 0.2) is 0 Å². The second-order valence-electron chi connectivity index (χ2n) is 6.82. The predicted molar refractivity (Wildman–Crippen MR) is 119 cm³/mol. The fraction of sp³-hybridized carbons (Fsp3) is 0.227. The zero-order valence-electron chi connectivity index (χ0n) is 16.9. The molecule has 4 rings (SSSR count). The van der Waals surface area contributed by atoms with Gasteiger partial charge in [0.25, 0.3) is 5.91 Å². The van der Waals surface area contributed by atoms with E-state index in [2.05, 4.69) is 25.8 Å². The summed E-state index contributed by atoms with van der Waals surface area (Å²) < 4.78 is 5.26. The van der Waals surface area contributed by atoms with E-state index < -0.39 is 0 Å². The Morgan fingerprint density at radius 3 is 2.81 bits per heavy atom. The van der Waals surface area contributed by atoms with E-state index in [1.54, 1.807) is 17.4 Å². The highest BCUT2D eigenvalue weighted by Crippen LogP contribution is 2.22. The number of aryl methyl sites for hydroxylation is 1. The smallest absolute Gasteiger partial charge is 0.252 e. The van der Waals surface area contributed by atoms with Crippen molar-refractivity contribution in [2.24, 2.45) is 0 Å². The molecule has 1 aromatic carbocycles. The van der Waals surface area contributed by atoms with E-state index in [4.69, 9.17) is 4.52 Å². The van der Waals surface area contributed by atoms with Crippen LogP contribution in [0.3, 0.4) is 0 Å². The highest BCUT2D eigenvalue weighted by atomic mass is 32.1. The number of aromatic nitrogens is 3. The molecule has 4 aromatic rings. The van der Waals surface area contributed by atoms with E-state index in [1.165, 1.54) is 0 Å². The van der Waals surface area contributed by atoms with Crippen molar-refractivity contribution < 1.29 is 14.1 Å². The number of rotatable bonds is 8. The number of nitrogens with one attached hydrogen (secondary N) is 2. The Hall–Kier alpha value is -3.59. The van der Waals surface area contributed by atoms with Crippen molar-refractivity contribution in [2.45, 2.75) is 26.2 Å². The normalized spacial score (nSPS) is 10.9. The number of nitrogens with zero attached hydrogens (tertiary/aromatic N) is 3. The predicted octanol–water partition coefficient (Wildman–Crippen LogP) is 4.06. The molecule has 0 radical (unpaired) electrons. The van der Waals surface area contributed by atoms with Gasteiger partial charge in [-0.2, -0.15) is 4.98 Å². The van der Waals surface area contributed by atoms with Gasteiger partial charge in [0.2, 0.25) is 17.6 Å². The highest BCUT2D eigenvalue weighted by molar-refractivity contribution is 7.13. The van der Waals surface area contributed by atoms with Gasteiger partial charge in [-0.3, -0.25) is 9.59 Å². The average Bonchev–Trinajstić information content (AvgIpc) is 3.45. The molecule has 8 nitrogen and oxygen atoms in total. The van der Waals surface area contributed by atoms with Crippen LogP contribution in [0.5, 0.6) is 0 Å². The molecule has 0 bridgehead atoms. The molecule has 31 heavy (non-hydrogen) atoms. The van der Waals surface area contributed by atoms with Gasteiger partial charge in [-0.05, 0) is 36.9 Å². The van der Waals surface area contributed by atoms with Gasteiger partial charge in [0.05, 0.1) is 16.0 Å². The zero-order valence-corrected chi connectivity index (χ0v) is 17.7. The van der Waals surface area contributed by atoms with Crippen LogP contribution >= 0.6 is 11.3 Å². The Morgan fingerprint density at radius 1 is 1.13 bits per heavy atom. The van der Waals surface area contributed by atoms with Crippen molar-refractivity contribution in [3.63, 3.8) is 0 Å². The molecule has 0 fully saturated rings. The van der Waals surface area contributed by atoms with E-state index in [-0.39, 0.29) is 18.2 Å². The number of hydrogen-bond donors (Lipinski definition) is 2. The topological polar surface area (TPSA) is 110 Å². The van der Waals surface area contributed by atoms with Gasteiger partial charge in [-0.15, -0.1) is 11.3 Å². The number of anilines is 1. The minimum Gasteiger partial charge on any atom is -0.352 e. The number of hydrogen-bond acceptors (Lipinski definition) is 7. The summed E-state index contributed by atoms with van der Waals surface area (Å²) in [7, 11) is 0. The summed E-state index contributed by atoms with van der Waals surface area (Å²) in [6.07, 6.45) is 1.32. The van der Waals surface area contributed by atoms with Crippen LogP contribution in [0.1, 0.15) is 36.0 Å². The van der Waals surface area contributed by atoms with Crippen LogP contribution in [0, 0.1) is 0 Å². The summed E-state index contributed by atoms with van der Waals surface area (Å²) >= 11 is 1.54. The maximum Gasteiger partial charge on any atom is 0.252 e. The molecule has 3 aromatic heterocycles. The fourth-order valence-corrected chi connectivity index (χ4v) is 3.80. The van der Waals surface area contributed by atoms with Crippen LogP contribution in [0.25, 0.3) is 21.6 Å². The zero-order chi connectivity index (χ0) is 21.6. The number of carbonyl (C=O) groups is 2. The van der Waals surface area contributed by atoms with Gasteiger partial charge in [0.1, 0.15) is 5.82 Å². The second kappa shape index (κ2) is 9.48. The molecule has 9 heteroatoms. The Bertz CT molecular complexity index is 1200. The molecule has 2 N–H and O–H groups in total. The van der Waals surface area contributed by atoms with E-state index in [0.717, 1.165) is 10.3 Å². The summed E-state index contributed by atoms with van der Waals surface area (Å²) in [5.41, 5.74) is 1.13. The number of carbonyl (C=O) groups excluding carboxylic acids is 2. The maximum absolute atomic E-state index is 12.4. The first-order valence-corrected chi connectivity index (χ1v) is 10.9. The van der Waals surface area contributed by atoms with E-state index >= 15 is 0 Å². The van der Waals surface area contributed by atoms with Gasteiger partial charge in [0, 0.05) is 24.8 Å². The van der Waals surface area contributed by atoms with E-state index in [1.807, 2.05) is 48.7 Å². The minimum absolute atomic E-state index is 0.192. The molecular weight excluding hydrogens is 414 g/mol. The van der Waals surface area contributed by atoms with Gasteiger partial charge in [-0.1, -0.05) is 29.4 Å². The van der Waals surface area contributed by atoms with Crippen LogP contribution in [-0.2, 0) is 11.2 Å². The molecule has 0 aliphatic carbocycles. The first-order chi connectivity index (χ1) is 15.1. The van der Waals surface area contributed by atoms with Gasteiger partial charge < -0.3 is 15.2 Å². The molecule has 0 unspecified atom stereocenters.